The molecule has 0 radical (unpaired) electrons. The summed E-state index contributed by atoms with van der Waals surface area (Å²) < 4.78 is 43.4. The second-order valence-corrected chi connectivity index (χ2v) is 8.91. The van der Waals surface area contributed by atoms with Gasteiger partial charge in [-0.25, -0.2) is 9.97 Å². The average Bonchev–Trinajstić information content (AvgIpc) is 2.76. The summed E-state index contributed by atoms with van der Waals surface area (Å²) in [6, 6.07) is 2.15. The molecule has 0 spiro atoms. The molecular weight excluding hydrogens is 437 g/mol. The zero-order valence-electron chi connectivity index (χ0n) is 18.4. The van der Waals surface area contributed by atoms with Crippen molar-refractivity contribution in [2.45, 2.75) is 50.9 Å². The average molecular weight is 462 g/mol. The maximum atomic E-state index is 12.6. The number of hydrogen-bond donors (Lipinski definition) is 1. The number of halogens is 3. The van der Waals surface area contributed by atoms with E-state index in [1.54, 1.807) is 0 Å². The minimum atomic E-state index is -4.46. The Balaban J connectivity index is 1.18. The Morgan fingerprint density at radius 2 is 2.03 bits per heavy atom. The highest BCUT2D eigenvalue weighted by atomic mass is 19.4. The molecule has 0 saturated heterocycles. The molecular formula is C22H25F3N6O2. The van der Waals surface area contributed by atoms with Crippen LogP contribution in [-0.2, 0) is 17.4 Å². The van der Waals surface area contributed by atoms with Gasteiger partial charge in [0.1, 0.15) is 23.2 Å². The van der Waals surface area contributed by atoms with Crippen molar-refractivity contribution in [3.05, 3.63) is 29.7 Å². The van der Waals surface area contributed by atoms with Crippen molar-refractivity contribution in [1.82, 2.24) is 15.0 Å². The monoisotopic (exact) mass is 462 g/mol. The van der Waals surface area contributed by atoms with Gasteiger partial charge in [0, 0.05) is 19.6 Å². The van der Waals surface area contributed by atoms with E-state index in [2.05, 4.69) is 10.3 Å². The van der Waals surface area contributed by atoms with Gasteiger partial charge in [-0.3, -0.25) is 4.79 Å². The number of alkyl halides is 3. The predicted molar refractivity (Wildman–Crippen MR) is 115 cm³/mol. The maximum absolute atomic E-state index is 12.6. The van der Waals surface area contributed by atoms with Gasteiger partial charge in [-0.2, -0.15) is 18.2 Å². The van der Waals surface area contributed by atoms with Crippen LogP contribution in [0.15, 0.2) is 18.3 Å². The number of aromatic nitrogens is 3. The molecule has 1 fully saturated rings. The molecule has 1 aliphatic carbocycles. The minimum Gasteiger partial charge on any atom is -0.492 e. The first kappa shape index (κ1) is 21.7. The molecule has 1 saturated carbocycles. The number of likely N-dealkylation sites (N-methyl/N-ethyl adjacent to an activating group) is 1. The van der Waals surface area contributed by atoms with Gasteiger partial charge in [0.25, 0.3) is 0 Å². The highest BCUT2D eigenvalue weighted by Crippen LogP contribution is 2.40. The summed E-state index contributed by atoms with van der Waals surface area (Å²) in [4.78, 5) is 29.2. The molecule has 2 aliphatic heterocycles. The standard InChI is InChI=1S/C22H25F3N6O2/c1-12-20(32)31-7-3-4-16-18(31)19(30(12)2)29-21(28-16)27-14-8-13(9-14)11-33-15-5-6-17(26-10-15)22(23,24)25/h5-6,10,12-14H,3-4,7-9,11H2,1-2H3,(H,27,28,29)/t12-,13?,14?/m0/s1. The fourth-order valence-corrected chi connectivity index (χ4v) is 4.58. The van der Waals surface area contributed by atoms with Crippen LogP contribution < -0.4 is 19.9 Å². The number of nitrogens with zero attached hydrogens (tertiary/aromatic N) is 5. The van der Waals surface area contributed by atoms with Crippen molar-refractivity contribution in [3.8, 4) is 5.75 Å². The molecule has 1 N–H and O–H groups in total. The van der Waals surface area contributed by atoms with E-state index in [0.29, 0.717) is 24.8 Å². The molecule has 0 bridgehead atoms. The molecule has 11 heteroatoms. The Labute approximate surface area is 189 Å². The zero-order valence-corrected chi connectivity index (χ0v) is 18.4. The van der Waals surface area contributed by atoms with E-state index in [1.165, 1.54) is 6.07 Å². The van der Waals surface area contributed by atoms with Crippen LogP contribution in [0, 0.1) is 5.92 Å². The lowest BCUT2D eigenvalue weighted by Gasteiger charge is -2.42. The number of carbonyl (C=O) groups is 1. The molecule has 8 nitrogen and oxygen atoms in total. The number of pyridine rings is 1. The highest BCUT2D eigenvalue weighted by molar-refractivity contribution is 6.05. The summed E-state index contributed by atoms with van der Waals surface area (Å²) in [7, 11) is 1.88. The third kappa shape index (κ3) is 4.04. The zero-order chi connectivity index (χ0) is 23.3. The molecule has 5 rings (SSSR count). The van der Waals surface area contributed by atoms with E-state index in [-0.39, 0.29) is 23.9 Å². The van der Waals surface area contributed by atoms with Crippen LogP contribution in [0.5, 0.6) is 5.75 Å². The summed E-state index contributed by atoms with van der Waals surface area (Å²) in [6.45, 7) is 3.00. The molecule has 3 aliphatic rings. The molecule has 33 heavy (non-hydrogen) atoms. The van der Waals surface area contributed by atoms with Crippen molar-refractivity contribution < 1.29 is 22.7 Å². The molecule has 1 atom stereocenters. The van der Waals surface area contributed by atoms with Crippen molar-refractivity contribution in [3.63, 3.8) is 0 Å². The third-order valence-corrected chi connectivity index (χ3v) is 6.62. The summed E-state index contributed by atoms with van der Waals surface area (Å²) in [5, 5.41) is 3.40. The lowest BCUT2D eigenvalue weighted by atomic mass is 9.81. The fourth-order valence-electron chi connectivity index (χ4n) is 4.58. The lowest BCUT2D eigenvalue weighted by Crippen LogP contribution is -2.53. The number of aryl methyl sites for hydroxylation is 1. The summed E-state index contributed by atoms with van der Waals surface area (Å²) >= 11 is 0. The Bertz CT molecular complexity index is 1060. The molecule has 4 heterocycles. The van der Waals surface area contributed by atoms with Crippen molar-refractivity contribution in [2.75, 3.05) is 35.3 Å². The summed E-state index contributed by atoms with van der Waals surface area (Å²) in [5.41, 5.74) is 0.802. The quantitative estimate of drug-likeness (QED) is 0.730. The van der Waals surface area contributed by atoms with Crippen LogP contribution in [0.1, 0.15) is 37.6 Å². The number of carbonyl (C=O) groups excluding carboxylic acids is 1. The van der Waals surface area contributed by atoms with Crippen molar-refractivity contribution in [1.29, 1.82) is 0 Å². The molecule has 176 valence electrons. The second-order valence-electron chi connectivity index (χ2n) is 8.91. The molecule has 1 amide bonds. The van der Waals surface area contributed by atoms with Crippen LogP contribution in [-0.4, -0.2) is 53.1 Å². The summed E-state index contributed by atoms with van der Waals surface area (Å²) in [6.07, 6.45) is 0.0422. The van der Waals surface area contributed by atoms with Gasteiger partial charge >= 0.3 is 6.18 Å². The topological polar surface area (TPSA) is 83.5 Å². The largest absolute Gasteiger partial charge is 0.492 e. The van der Waals surface area contributed by atoms with Crippen LogP contribution in [0.2, 0.25) is 0 Å². The van der Waals surface area contributed by atoms with Crippen LogP contribution in [0.25, 0.3) is 0 Å². The number of amides is 1. The first-order chi connectivity index (χ1) is 15.7. The minimum absolute atomic E-state index is 0.0836. The number of nitrogens with one attached hydrogen (secondary N) is 1. The van der Waals surface area contributed by atoms with Gasteiger partial charge < -0.3 is 19.9 Å². The van der Waals surface area contributed by atoms with E-state index in [0.717, 1.165) is 55.1 Å². The first-order valence-electron chi connectivity index (χ1n) is 11.1. The van der Waals surface area contributed by atoms with Gasteiger partial charge in [0.15, 0.2) is 5.82 Å². The van der Waals surface area contributed by atoms with E-state index >= 15 is 0 Å². The smallest absolute Gasteiger partial charge is 0.433 e. The third-order valence-electron chi connectivity index (χ3n) is 6.62. The van der Waals surface area contributed by atoms with Gasteiger partial charge in [-0.15, -0.1) is 0 Å². The van der Waals surface area contributed by atoms with Crippen molar-refractivity contribution in [2.24, 2.45) is 5.92 Å². The maximum Gasteiger partial charge on any atom is 0.433 e. The highest BCUT2D eigenvalue weighted by Gasteiger charge is 2.39. The van der Waals surface area contributed by atoms with Gasteiger partial charge in [-0.05, 0) is 50.7 Å². The Kier molecular flexibility index (Phi) is 5.29. The first-order valence-corrected chi connectivity index (χ1v) is 11.1. The summed E-state index contributed by atoms with van der Waals surface area (Å²) in [5.74, 6) is 2.04. The normalized spacial score (nSPS) is 24.3. The Hall–Kier alpha value is -3.11. The number of rotatable bonds is 5. The van der Waals surface area contributed by atoms with Gasteiger partial charge in [-0.1, -0.05) is 0 Å². The Morgan fingerprint density at radius 1 is 1.24 bits per heavy atom. The fraction of sp³-hybridized carbons (Fsp3) is 0.545. The lowest BCUT2D eigenvalue weighted by molar-refractivity contribution is -0.141. The SMILES string of the molecule is C[C@H]1C(=O)N2CCCc3nc(NC4CC(COc5ccc(C(F)(F)F)nc5)C4)nc(c32)N1C. The molecule has 0 aromatic carbocycles. The molecule has 0 unspecified atom stereocenters. The van der Waals surface area contributed by atoms with E-state index in [9.17, 15) is 18.0 Å². The number of hydrogen-bond acceptors (Lipinski definition) is 7. The predicted octanol–water partition coefficient (Wildman–Crippen LogP) is 3.28. The van der Waals surface area contributed by atoms with E-state index in [1.807, 2.05) is 23.8 Å². The van der Waals surface area contributed by atoms with Crippen LogP contribution in [0.3, 0.4) is 0 Å². The van der Waals surface area contributed by atoms with Gasteiger partial charge in [0.2, 0.25) is 11.9 Å². The van der Waals surface area contributed by atoms with E-state index < -0.39 is 11.9 Å². The van der Waals surface area contributed by atoms with E-state index in [4.69, 9.17) is 14.7 Å². The molecule has 2 aromatic heterocycles. The number of anilines is 3. The number of ether oxygens (including phenoxy) is 1. The van der Waals surface area contributed by atoms with Gasteiger partial charge in [0.05, 0.1) is 18.5 Å². The molecule has 2 aromatic rings. The van der Waals surface area contributed by atoms with Crippen LogP contribution in [0.4, 0.5) is 30.6 Å². The Morgan fingerprint density at radius 3 is 2.73 bits per heavy atom. The second kappa shape index (κ2) is 8.03. The van der Waals surface area contributed by atoms with Crippen LogP contribution >= 0.6 is 0 Å². The van der Waals surface area contributed by atoms with Crippen molar-refractivity contribution >= 4 is 23.4 Å².